The number of likely N-dealkylation sites (tertiary alicyclic amines) is 1. The third-order valence-electron chi connectivity index (χ3n) is 7.64. The molecule has 2 amide bonds. The van der Waals surface area contributed by atoms with Gasteiger partial charge < -0.3 is 14.1 Å². The Morgan fingerprint density at radius 3 is 2.72 bits per heavy atom. The van der Waals surface area contributed by atoms with E-state index in [4.69, 9.17) is 21.4 Å². The molecule has 0 radical (unpaired) electrons. The van der Waals surface area contributed by atoms with Gasteiger partial charge in [0.1, 0.15) is 20.6 Å². The highest BCUT2D eigenvalue weighted by Gasteiger charge is 2.78. The number of likely N-dealkylation sites (N-methyl/N-ethyl adjacent to an activating group) is 2. The Morgan fingerprint density at radius 2 is 2.03 bits per heavy atom. The number of anilines is 1. The van der Waals surface area contributed by atoms with E-state index in [1.54, 1.807) is 48.7 Å². The fraction of sp³-hybridized carbons (Fsp3) is 0.308. The summed E-state index contributed by atoms with van der Waals surface area (Å²) >= 11 is 7.13. The lowest BCUT2D eigenvalue weighted by molar-refractivity contribution is -0.139. The van der Waals surface area contributed by atoms with Gasteiger partial charge in [0, 0.05) is 43.2 Å². The molecule has 5 heterocycles. The molecule has 8 nitrogen and oxygen atoms in total. The quantitative estimate of drug-likeness (QED) is 0.485. The number of methoxy groups -OCH3 is 1. The zero-order chi connectivity index (χ0) is 25.2. The Hall–Kier alpha value is -3.21. The lowest BCUT2D eigenvalue weighted by Crippen LogP contribution is -2.62. The van der Waals surface area contributed by atoms with Crippen LogP contribution in [0.25, 0.3) is 0 Å². The summed E-state index contributed by atoms with van der Waals surface area (Å²) in [6, 6.07) is 13.0. The predicted octanol–water partition coefficient (Wildman–Crippen LogP) is 3.38. The van der Waals surface area contributed by atoms with Gasteiger partial charge in [0.25, 0.3) is 5.91 Å². The Bertz CT molecular complexity index is 1380. The van der Waals surface area contributed by atoms with E-state index in [1.165, 1.54) is 11.8 Å². The molecule has 0 unspecified atom stereocenters. The molecule has 3 atom stereocenters. The van der Waals surface area contributed by atoms with Crippen LogP contribution in [0.15, 0.2) is 65.5 Å². The maximum Gasteiger partial charge on any atom is 0.254 e. The molecule has 184 valence electrons. The highest BCUT2D eigenvalue weighted by molar-refractivity contribution is 8.25. The standard InChI is InChI=1S/C26H24N4O4S2/c1-28-15-20(16-6-4-10-27-13-16)26(23(32)30(24(35)36-26)14-18-7-5-11-34-18)25(28)19-12-17(33-3)8-9-21(19)29(2)22(25)31/h4-13,20H,14-15H2,1-3H3/t20-,25-,26+/m1/s1. The molecule has 0 saturated carbocycles. The average molecular weight is 521 g/mol. The number of aromatic nitrogens is 1. The first-order valence-electron chi connectivity index (χ1n) is 11.5. The number of carbonyl (C=O) groups is 2. The van der Waals surface area contributed by atoms with Crippen molar-refractivity contribution >= 4 is 45.8 Å². The molecular formula is C26H24N4O4S2. The molecule has 1 aromatic carbocycles. The largest absolute Gasteiger partial charge is 0.497 e. The van der Waals surface area contributed by atoms with Crippen molar-refractivity contribution in [1.29, 1.82) is 0 Å². The molecule has 2 fully saturated rings. The van der Waals surface area contributed by atoms with Gasteiger partial charge in [-0.3, -0.25) is 24.4 Å². The molecular weight excluding hydrogens is 496 g/mol. The fourth-order valence-corrected chi connectivity index (χ4v) is 8.21. The number of carbonyl (C=O) groups excluding carboxylic acids is 2. The molecule has 0 bridgehead atoms. The molecule has 3 aliphatic rings. The monoisotopic (exact) mass is 520 g/mol. The van der Waals surface area contributed by atoms with Gasteiger partial charge in [0.15, 0.2) is 5.54 Å². The van der Waals surface area contributed by atoms with Gasteiger partial charge in [0.2, 0.25) is 5.91 Å². The van der Waals surface area contributed by atoms with Crippen LogP contribution in [0.5, 0.6) is 5.75 Å². The van der Waals surface area contributed by atoms with Crippen molar-refractivity contribution in [3.05, 3.63) is 78.0 Å². The van der Waals surface area contributed by atoms with Crippen molar-refractivity contribution in [3.63, 3.8) is 0 Å². The lowest BCUT2D eigenvalue weighted by atomic mass is 9.72. The molecule has 2 spiro atoms. The maximum atomic E-state index is 14.7. The predicted molar refractivity (Wildman–Crippen MR) is 140 cm³/mol. The van der Waals surface area contributed by atoms with Crippen molar-refractivity contribution < 1.29 is 18.7 Å². The van der Waals surface area contributed by atoms with Crippen molar-refractivity contribution in [2.45, 2.75) is 22.7 Å². The topological polar surface area (TPSA) is 79.1 Å². The van der Waals surface area contributed by atoms with Crippen LogP contribution in [0.4, 0.5) is 5.69 Å². The number of hydrogen-bond acceptors (Lipinski definition) is 8. The van der Waals surface area contributed by atoms with Gasteiger partial charge in [0.05, 0.1) is 19.9 Å². The van der Waals surface area contributed by atoms with E-state index in [1.807, 2.05) is 48.3 Å². The maximum absolute atomic E-state index is 14.7. The van der Waals surface area contributed by atoms with Gasteiger partial charge in [-0.05, 0) is 49.0 Å². The van der Waals surface area contributed by atoms with Crippen LogP contribution in [0.2, 0.25) is 0 Å². The third-order valence-corrected chi connectivity index (χ3v) is 9.58. The Morgan fingerprint density at radius 1 is 1.19 bits per heavy atom. The molecule has 10 heteroatoms. The van der Waals surface area contributed by atoms with E-state index in [0.717, 1.165) is 16.8 Å². The Labute approximate surface area is 218 Å². The number of nitrogens with zero attached hydrogens (tertiary/aromatic N) is 4. The second-order valence-corrected chi connectivity index (χ2v) is 11.1. The summed E-state index contributed by atoms with van der Waals surface area (Å²) in [6.07, 6.45) is 5.06. The fourth-order valence-electron chi connectivity index (χ4n) is 6.08. The normalized spacial score (nSPS) is 27.6. The number of rotatable bonds is 4. The van der Waals surface area contributed by atoms with Gasteiger partial charge in [-0.15, -0.1) is 0 Å². The van der Waals surface area contributed by atoms with Crippen LogP contribution in [0, 0.1) is 0 Å². The SMILES string of the molecule is COc1ccc2c(c1)[C@]1(C(=O)N2C)N(C)C[C@H](c2cccnc2)[C@@]12SC(=S)N(Cc1ccco1)C2=O. The molecule has 3 aliphatic heterocycles. The van der Waals surface area contributed by atoms with Gasteiger partial charge >= 0.3 is 0 Å². The number of furan rings is 1. The van der Waals surface area contributed by atoms with Crippen LogP contribution in [-0.2, 0) is 21.7 Å². The van der Waals surface area contributed by atoms with E-state index in [0.29, 0.717) is 22.4 Å². The molecule has 3 aromatic rings. The van der Waals surface area contributed by atoms with E-state index in [2.05, 4.69) is 4.98 Å². The number of ether oxygens (including phenoxy) is 1. The van der Waals surface area contributed by atoms with Crippen molar-refractivity contribution in [1.82, 2.24) is 14.8 Å². The highest BCUT2D eigenvalue weighted by Crippen LogP contribution is 2.66. The highest BCUT2D eigenvalue weighted by atomic mass is 32.2. The number of amides is 2. The first kappa shape index (κ1) is 23.2. The second kappa shape index (κ2) is 8.16. The molecule has 0 aliphatic carbocycles. The summed E-state index contributed by atoms with van der Waals surface area (Å²) < 4.78 is 10.3. The zero-order valence-electron chi connectivity index (χ0n) is 20.0. The summed E-state index contributed by atoms with van der Waals surface area (Å²) in [5, 5.41) is 0. The summed E-state index contributed by atoms with van der Waals surface area (Å²) in [5.41, 5.74) is 1.08. The lowest BCUT2D eigenvalue weighted by Gasteiger charge is -2.42. The van der Waals surface area contributed by atoms with Gasteiger partial charge in [-0.1, -0.05) is 30.0 Å². The molecule has 2 aromatic heterocycles. The van der Waals surface area contributed by atoms with Crippen molar-refractivity contribution in [2.24, 2.45) is 0 Å². The Kier molecular flexibility index (Phi) is 5.26. The van der Waals surface area contributed by atoms with Gasteiger partial charge in [-0.2, -0.15) is 0 Å². The molecule has 0 N–H and O–H groups in total. The first-order chi connectivity index (χ1) is 17.4. The number of benzene rings is 1. The second-order valence-electron chi connectivity index (χ2n) is 9.25. The third kappa shape index (κ3) is 2.80. The molecule has 6 rings (SSSR count). The van der Waals surface area contributed by atoms with Gasteiger partial charge in [-0.25, -0.2) is 0 Å². The number of thiocarbonyl (C=S) groups is 1. The number of fused-ring (bicyclic) bond motifs is 3. The average Bonchev–Trinajstić information content (AvgIpc) is 3.61. The first-order valence-corrected chi connectivity index (χ1v) is 12.7. The van der Waals surface area contributed by atoms with Crippen molar-refractivity contribution in [3.8, 4) is 5.75 Å². The zero-order valence-corrected chi connectivity index (χ0v) is 21.6. The van der Waals surface area contributed by atoms with Crippen LogP contribution in [0.3, 0.4) is 0 Å². The van der Waals surface area contributed by atoms with Crippen LogP contribution >= 0.6 is 24.0 Å². The number of hydrogen-bond donors (Lipinski definition) is 0. The van der Waals surface area contributed by atoms with E-state index in [9.17, 15) is 9.59 Å². The smallest absolute Gasteiger partial charge is 0.254 e. The summed E-state index contributed by atoms with van der Waals surface area (Å²) in [4.78, 5) is 38.7. The van der Waals surface area contributed by atoms with Crippen molar-refractivity contribution in [2.75, 3.05) is 32.6 Å². The summed E-state index contributed by atoms with van der Waals surface area (Å²) in [6.45, 7) is 0.672. The van der Waals surface area contributed by atoms with E-state index >= 15 is 0 Å². The van der Waals surface area contributed by atoms with Crippen LogP contribution < -0.4 is 9.64 Å². The minimum Gasteiger partial charge on any atom is -0.497 e. The van der Waals surface area contributed by atoms with E-state index < -0.39 is 10.3 Å². The van der Waals surface area contributed by atoms with E-state index in [-0.39, 0.29) is 24.3 Å². The van der Waals surface area contributed by atoms with Crippen LogP contribution in [-0.4, -0.2) is 63.4 Å². The molecule has 2 saturated heterocycles. The summed E-state index contributed by atoms with van der Waals surface area (Å²) in [7, 11) is 5.26. The minimum absolute atomic E-state index is 0.164. The Balaban J connectivity index is 1.62. The minimum atomic E-state index is -1.30. The number of pyridine rings is 1. The van der Waals surface area contributed by atoms with Crippen LogP contribution in [0.1, 0.15) is 22.8 Å². The number of thioether (sulfide) groups is 1. The summed E-state index contributed by atoms with van der Waals surface area (Å²) in [5.74, 6) is 0.532. The molecule has 36 heavy (non-hydrogen) atoms.